The van der Waals surface area contributed by atoms with Gasteiger partial charge >= 0.3 is 0 Å². The smallest absolute Gasteiger partial charge is 0.246 e. The number of fused-ring (bicyclic) bond motifs is 3. The Hall–Kier alpha value is -1.84. The highest BCUT2D eigenvalue weighted by molar-refractivity contribution is 5.96. The summed E-state index contributed by atoms with van der Waals surface area (Å²) in [6, 6.07) is 7.78. The zero-order chi connectivity index (χ0) is 8.84. The van der Waals surface area contributed by atoms with Crippen molar-refractivity contribution >= 4 is 22.9 Å². The molecule has 1 amide bonds. The lowest BCUT2D eigenvalue weighted by Crippen LogP contribution is -2.06. The summed E-state index contributed by atoms with van der Waals surface area (Å²) < 4.78 is 1.89. The van der Waals surface area contributed by atoms with Gasteiger partial charge in [0.05, 0.1) is 11.0 Å². The van der Waals surface area contributed by atoms with E-state index in [1.165, 1.54) is 0 Å². The van der Waals surface area contributed by atoms with Crippen molar-refractivity contribution in [1.82, 2.24) is 9.55 Å². The minimum atomic E-state index is 0.00764. The number of anilines is 1. The second-order valence-electron chi connectivity index (χ2n) is 3.06. The Morgan fingerprint density at radius 1 is 1.38 bits per heavy atom. The largest absolute Gasteiger partial charge is 0.300 e. The molecule has 1 aromatic carbocycles. The van der Waals surface area contributed by atoms with Gasteiger partial charge in [0.2, 0.25) is 11.9 Å². The molecule has 0 atom stereocenters. The Morgan fingerprint density at radius 3 is 3.15 bits per heavy atom. The molecule has 0 bridgehead atoms. The number of imidazole rings is 1. The molecular weight excluding hydrogens is 166 g/mol. The minimum absolute atomic E-state index is 0.00764. The quantitative estimate of drug-likeness (QED) is 0.645. The molecule has 0 saturated heterocycles. The van der Waals surface area contributed by atoms with Gasteiger partial charge in [0, 0.05) is 0 Å². The van der Waals surface area contributed by atoms with Crippen molar-refractivity contribution in [2.75, 3.05) is 5.32 Å². The van der Waals surface area contributed by atoms with Crippen molar-refractivity contribution in [3.63, 3.8) is 0 Å². The molecule has 0 spiro atoms. The Morgan fingerprint density at radius 2 is 2.23 bits per heavy atom. The molecule has 0 fully saturated rings. The molecule has 0 aliphatic carbocycles. The summed E-state index contributed by atoms with van der Waals surface area (Å²) in [6.45, 7) is 0.385. The van der Waals surface area contributed by atoms with Crippen LogP contribution in [0, 0.1) is 0 Å². The number of hydrogen-bond acceptors (Lipinski definition) is 2. The van der Waals surface area contributed by atoms with Gasteiger partial charge < -0.3 is 4.57 Å². The van der Waals surface area contributed by atoms with Crippen molar-refractivity contribution in [2.24, 2.45) is 0 Å². The van der Waals surface area contributed by atoms with Crippen molar-refractivity contribution in [3.05, 3.63) is 24.3 Å². The summed E-state index contributed by atoms with van der Waals surface area (Å²) in [4.78, 5) is 15.3. The molecule has 1 aliphatic heterocycles. The fraction of sp³-hybridized carbons (Fsp3) is 0.111. The van der Waals surface area contributed by atoms with Crippen LogP contribution in [0.25, 0.3) is 11.0 Å². The van der Waals surface area contributed by atoms with E-state index >= 15 is 0 Å². The van der Waals surface area contributed by atoms with Crippen LogP contribution in [0.1, 0.15) is 0 Å². The van der Waals surface area contributed by atoms with Crippen LogP contribution in [0.5, 0.6) is 0 Å². The number of hydrogen-bond donors (Lipinski definition) is 1. The molecule has 64 valence electrons. The van der Waals surface area contributed by atoms with Crippen LogP contribution in [-0.2, 0) is 11.3 Å². The van der Waals surface area contributed by atoms with Crippen molar-refractivity contribution < 1.29 is 4.79 Å². The molecule has 2 aromatic rings. The summed E-state index contributed by atoms with van der Waals surface area (Å²) in [5.41, 5.74) is 1.94. The highest BCUT2D eigenvalue weighted by atomic mass is 16.2. The molecule has 1 aromatic heterocycles. The van der Waals surface area contributed by atoms with Crippen LogP contribution in [0.4, 0.5) is 5.95 Å². The zero-order valence-electron chi connectivity index (χ0n) is 6.82. The van der Waals surface area contributed by atoms with E-state index in [1.54, 1.807) is 0 Å². The summed E-state index contributed by atoms with van der Waals surface area (Å²) in [5.74, 6) is 0.666. The van der Waals surface area contributed by atoms with E-state index in [1.807, 2.05) is 28.8 Å². The van der Waals surface area contributed by atoms with Crippen LogP contribution in [0.3, 0.4) is 0 Å². The fourth-order valence-corrected chi connectivity index (χ4v) is 1.64. The van der Waals surface area contributed by atoms with Crippen LogP contribution in [0.2, 0.25) is 0 Å². The number of para-hydroxylation sites is 2. The van der Waals surface area contributed by atoms with Gasteiger partial charge in [0.1, 0.15) is 6.54 Å². The average molecular weight is 173 g/mol. The van der Waals surface area contributed by atoms with E-state index < -0.39 is 0 Å². The third-order valence-electron chi connectivity index (χ3n) is 2.21. The SMILES string of the molecule is O=C1Cn2c(nc3ccccc32)N1. The third kappa shape index (κ3) is 0.796. The van der Waals surface area contributed by atoms with Crippen molar-refractivity contribution in [2.45, 2.75) is 6.54 Å². The number of carbonyl (C=O) groups excluding carboxylic acids is 1. The van der Waals surface area contributed by atoms with E-state index in [4.69, 9.17) is 0 Å². The fourth-order valence-electron chi connectivity index (χ4n) is 1.64. The molecule has 4 nitrogen and oxygen atoms in total. The first kappa shape index (κ1) is 6.65. The molecule has 3 rings (SSSR count). The first-order valence-corrected chi connectivity index (χ1v) is 4.10. The van der Waals surface area contributed by atoms with Crippen molar-refractivity contribution in [1.29, 1.82) is 0 Å². The van der Waals surface area contributed by atoms with Gasteiger partial charge in [0.25, 0.3) is 0 Å². The maximum atomic E-state index is 11.0. The maximum Gasteiger partial charge on any atom is 0.246 e. The van der Waals surface area contributed by atoms with E-state index in [2.05, 4.69) is 10.3 Å². The predicted octanol–water partition coefficient (Wildman–Crippen LogP) is 0.988. The number of rotatable bonds is 0. The highest BCUT2D eigenvalue weighted by Gasteiger charge is 2.20. The van der Waals surface area contributed by atoms with E-state index in [0.717, 1.165) is 11.0 Å². The molecule has 2 heterocycles. The molecule has 0 unspecified atom stereocenters. The number of nitrogens with zero attached hydrogens (tertiary/aromatic N) is 2. The van der Waals surface area contributed by atoms with Gasteiger partial charge in [0.15, 0.2) is 0 Å². The highest BCUT2D eigenvalue weighted by Crippen LogP contribution is 2.22. The number of nitrogens with one attached hydrogen (secondary N) is 1. The van der Waals surface area contributed by atoms with E-state index in [0.29, 0.717) is 12.5 Å². The second kappa shape index (κ2) is 2.10. The van der Waals surface area contributed by atoms with Gasteiger partial charge in [-0.1, -0.05) is 12.1 Å². The molecule has 1 aliphatic rings. The van der Waals surface area contributed by atoms with E-state index in [9.17, 15) is 4.79 Å². The standard InChI is InChI=1S/C9H7N3O/c13-8-5-12-7-4-2-1-3-6(7)10-9(12)11-8/h1-4H,5H2,(H,10,11,13). The van der Waals surface area contributed by atoms with Crippen LogP contribution in [0.15, 0.2) is 24.3 Å². The monoisotopic (exact) mass is 173 g/mol. The van der Waals surface area contributed by atoms with Crippen LogP contribution in [-0.4, -0.2) is 15.5 Å². The first-order valence-electron chi connectivity index (χ1n) is 4.10. The van der Waals surface area contributed by atoms with Crippen LogP contribution < -0.4 is 5.32 Å². The number of benzene rings is 1. The van der Waals surface area contributed by atoms with Gasteiger partial charge in [-0.25, -0.2) is 4.98 Å². The summed E-state index contributed by atoms with van der Waals surface area (Å²) in [5, 5.41) is 2.70. The van der Waals surface area contributed by atoms with Gasteiger partial charge in [-0.05, 0) is 12.1 Å². The topological polar surface area (TPSA) is 46.9 Å². The zero-order valence-corrected chi connectivity index (χ0v) is 6.82. The molecule has 0 saturated carbocycles. The normalized spacial score (nSPS) is 14.6. The van der Waals surface area contributed by atoms with Crippen LogP contribution >= 0.6 is 0 Å². The lowest BCUT2D eigenvalue weighted by atomic mass is 10.3. The minimum Gasteiger partial charge on any atom is -0.300 e. The Labute approximate surface area is 74.2 Å². The second-order valence-corrected chi connectivity index (χ2v) is 3.06. The predicted molar refractivity (Wildman–Crippen MR) is 48.4 cm³/mol. The van der Waals surface area contributed by atoms with Gasteiger partial charge in [-0.15, -0.1) is 0 Å². The first-order chi connectivity index (χ1) is 6.34. The lowest BCUT2D eigenvalue weighted by molar-refractivity contribution is -0.115. The Bertz CT molecular complexity index is 501. The average Bonchev–Trinajstić information content (AvgIpc) is 2.60. The number of aromatic nitrogens is 2. The lowest BCUT2D eigenvalue weighted by Gasteiger charge is -1.93. The Kier molecular flexibility index (Phi) is 1.07. The van der Waals surface area contributed by atoms with E-state index in [-0.39, 0.29) is 5.91 Å². The molecular formula is C9H7N3O. The number of amides is 1. The van der Waals surface area contributed by atoms with Gasteiger partial charge in [-0.3, -0.25) is 10.1 Å². The van der Waals surface area contributed by atoms with Gasteiger partial charge in [-0.2, -0.15) is 0 Å². The Balaban J connectivity index is 2.37. The van der Waals surface area contributed by atoms with Crippen molar-refractivity contribution in [3.8, 4) is 0 Å². The molecule has 4 heteroatoms. The molecule has 0 radical (unpaired) electrons. The third-order valence-corrected chi connectivity index (χ3v) is 2.21. The molecule has 1 N–H and O–H groups in total. The maximum absolute atomic E-state index is 11.0. The summed E-state index contributed by atoms with van der Waals surface area (Å²) >= 11 is 0. The molecule has 13 heavy (non-hydrogen) atoms. The number of carbonyl (C=O) groups is 1. The summed E-state index contributed by atoms with van der Waals surface area (Å²) in [6.07, 6.45) is 0. The summed E-state index contributed by atoms with van der Waals surface area (Å²) in [7, 11) is 0.